The summed E-state index contributed by atoms with van der Waals surface area (Å²) in [6, 6.07) is 0. The van der Waals surface area contributed by atoms with Crippen molar-refractivity contribution in [2.45, 2.75) is 12.8 Å². The first-order valence-corrected chi connectivity index (χ1v) is 3.80. The van der Waals surface area contributed by atoms with Gasteiger partial charge >= 0.3 is 0 Å². The van der Waals surface area contributed by atoms with Crippen LogP contribution < -0.4 is 5.32 Å². The van der Waals surface area contributed by atoms with Gasteiger partial charge in [0.2, 0.25) is 0 Å². The molecule has 0 aromatic carbocycles. The number of nitrogens with zero attached hydrogens (tertiary/aromatic N) is 1. The van der Waals surface area contributed by atoms with Gasteiger partial charge in [-0.2, -0.15) is 0 Å². The Bertz CT molecular complexity index is 72.0. The topological polar surface area (TPSA) is 15.3 Å². The fourth-order valence-corrected chi connectivity index (χ4v) is 1.28. The van der Waals surface area contributed by atoms with Gasteiger partial charge in [0, 0.05) is 13.1 Å². The van der Waals surface area contributed by atoms with Gasteiger partial charge < -0.3 is 10.2 Å². The number of halogens is 1. The molecular formula is C7H17ClN2. The van der Waals surface area contributed by atoms with Gasteiger partial charge in [0.1, 0.15) is 0 Å². The quantitative estimate of drug-likeness (QED) is 0.662. The molecule has 3 heteroatoms. The van der Waals surface area contributed by atoms with Gasteiger partial charge in [-0.15, -0.1) is 12.4 Å². The molecule has 1 N–H and O–H groups in total. The van der Waals surface area contributed by atoms with E-state index >= 15 is 0 Å². The Hall–Kier alpha value is 0.210. The van der Waals surface area contributed by atoms with Gasteiger partial charge in [-0.05, 0) is 33.0 Å². The first-order chi connectivity index (χ1) is 4.43. The van der Waals surface area contributed by atoms with Crippen molar-refractivity contribution in [2.75, 3.05) is 33.2 Å². The molecule has 1 fully saturated rings. The van der Waals surface area contributed by atoms with E-state index in [-0.39, 0.29) is 12.4 Å². The summed E-state index contributed by atoms with van der Waals surface area (Å²) in [5.41, 5.74) is 0. The lowest BCUT2D eigenvalue weighted by molar-refractivity contribution is 0.340. The molecule has 1 saturated heterocycles. The van der Waals surface area contributed by atoms with Crippen LogP contribution in [0.4, 0.5) is 0 Å². The maximum atomic E-state index is 3.15. The standard InChI is InChI=1S/C7H16N2.ClH/c1-8-4-7-9-5-2-3-6-9;/h8H,2-7H2,1H3;1H. The van der Waals surface area contributed by atoms with E-state index in [1.54, 1.807) is 0 Å². The lowest BCUT2D eigenvalue weighted by Crippen LogP contribution is -2.27. The minimum absolute atomic E-state index is 0. The molecule has 1 rings (SSSR count). The molecule has 0 spiro atoms. The van der Waals surface area contributed by atoms with E-state index in [9.17, 15) is 0 Å². The molecule has 62 valence electrons. The number of nitrogens with one attached hydrogen (secondary N) is 1. The van der Waals surface area contributed by atoms with E-state index in [1.165, 1.54) is 32.5 Å². The van der Waals surface area contributed by atoms with Gasteiger partial charge in [-0.1, -0.05) is 0 Å². The first-order valence-electron chi connectivity index (χ1n) is 3.80. The average molecular weight is 165 g/mol. The van der Waals surface area contributed by atoms with Crippen LogP contribution in [0.5, 0.6) is 0 Å². The molecule has 10 heavy (non-hydrogen) atoms. The molecule has 0 radical (unpaired) electrons. The minimum Gasteiger partial charge on any atom is -0.318 e. The third-order valence-electron chi connectivity index (χ3n) is 1.88. The van der Waals surface area contributed by atoms with Crippen molar-refractivity contribution in [3.05, 3.63) is 0 Å². The van der Waals surface area contributed by atoms with Gasteiger partial charge in [0.05, 0.1) is 0 Å². The Morgan fingerprint density at radius 1 is 1.30 bits per heavy atom. The highest BCUT2D eigenvalue weighted by molar-refractivity contribution is 5.85. The fourth-order valence-electron chi connectivity index (χ4n) is 1.28. The van der Waals surface area contributed by atoms with E-state index < -0.39 is 0 Å². The highest BCUT2D eigenvalue weighted by atomic mass is 35.5. The summed E-state index contributed by atoms with van der Waals surface area (Å²) < 4.78 is 0. The highest BCUT2D eigenvalue weighted by Crippen LogP contribution is 2.05. The van der Waals surface area contributed by atoms with Crippen LogP contribution in [0.15, 0.2) is 0 Å². The summed E-state index contributed by atoms with van der Waals surface area (Å²) >= 11 is 0. The van der Waals surface area contributed by atoms with Crippen molar-refractivity contribution >= 4 is 12.4 Å². The zero-order valence-electron chi connectivity index (χ0n) is 6.60. The molecule has 0 aliphatic carbocycles. The Morgan fingerprint density at radius 2 is 1.90 bits per heavy atom. The van der Waals surface area contributed by atoms with Crippen molar-refractivity contribution in [1.29, 1.82) is 0 Å². The van der Waals surface area contributed by atoms with E-state index in [0.29, 0.717) is 0 Å². The molecule has 2 nitrogen and oxygen atoms in total. The molecule has 0 atom stereocenters. The lowest BCUT2D eigenvalue weighted by Gasteiger charge is -2.12. The minimum atomic E-state index is 0. The molecule has 1 aliphatic heterocycles. The zero-order valence-corrected chi connectivity index (χ0v) is 7.41. The molecule has 0 unspecified atom stereocenters. The van der Waals surface area contributed by atoms with Crippen LogP contribution >= 0.6 is 12.4 Å². The number of likely N-dealkylation sites (N-methyl/N-ethyl adjacent to an activating group) is 1. The summed E-state index contributed by atoms with van der Waals surface area (Å²) in [6.07, 6.45) is 2.81. The third kappa shape index (κ3) is 3.40. The number of rotatable bonds is 3. The number of hydrogen-bond donors (Lipinski definition) is 1. The van der Waals surface area contributed by atoms with Crippen LogP contribution in [-0.2, 0) is 0 Å². The maximum Gasteiger partial charge on any atom is 0.0107 e. The third-order valence-corrected chi connectivity index (χ3v) is 1.88. The molecule has 0 bridgehead atoms. The summed E-state index contributed by atoms with van der Waals surface area (Å²) in [6.45, 7) is 5.01. The van der Waals surface area contributed by atoms with Crippen molar-refractivity contribution in [1.82, 2.24) is 10.2 Å². The second kappa shape index (κ2) is 5.96. The van der Waals surface area contributed by atoms with Crippen molar-refractivity contribution in [3.63, 3.8) is 0 Å². The smallest absolute Gasteiger partial charge is 0.0107 e. The second-order valence-corrected chi connectivity index (χ2v) is 2.65. The van der Waals surface area contributed by atoms with Gasteiger partial charge in [-0.25, -0.2) is 0 Å². The normalized spacial score (nSPS) is 18.9. The summed E-state index contributed by atoms with van der Waals surface area (Å²) in [4.78, 5) is 2.51. The predicted molar refractivity (Wildman–Crippen MR) is 46.8 cm³/mol. The van der Waals surface area contributed by atoms with E-state index in [0.717, 1.165) is 6.54 Å². The van der Waals surface area contributed by atoms with Crippen molar-refractivity contribution in [2.24, 2.45) is 0 Å². The molecular weight excluding hydrogens is 148 g/mol. The monoisotopic (exact) mass is 164 g/mol. The van der Waals surface area contributed by atoms with Crippen LogP contribution in [-0.4, -0.2) is 38.1 Å². The summed E-state index contributed by atoms with van der Waals surface area (Å²) in [7, 11) is 2.01. The number of likely N-dealkylation sites (tertiary alicyclic amines) is 1. The summed E-state index contributed by atoms with van der Waals surface area (Å²) in [5.74, 6) is 0. The Balaban J connectivity index is 0.000000810. The van der Waals surface area contributed by atoms with E-state index in [1.807, 2.05) is 7.05 Å². The lowest BCUT2D eigenvalue weighted by atomic mass is 10.4. The molecule has 0 aromatic heterocycles. The van der Waals surface area contributed by atoms with E-state index in [2.05, 4.69) is 10.2 Å². The van der Waals surface area contributed by atoms with E-state index in [4.69, 9.17) is 0 Å². The SMILES string of the molecule is CNCCN1CCCC1.Cl. The Kier molecular flexibility index (Phi) is 6.08. The van der Waals surface area contributed by atoms with Crippen LogP contribution in [0.2, 0.25) is 0 Å². The molecule has 0 aromatic rings. The van der Waals surface area contributed by atoms with Crippen LogP contribution in [0.1, 0.15) is 12.8 Å². The van der Waals surface area contributed by atoms with Gasteiger partial charge in [-0.3, -0.25) is 0 Å². The zero-order chi connectivity index (χ0) is 6.53. The van der Waals surface area contributed by atoms with Crippen molar-refractivity contribution < 1.29 is 0 Å². The van der Waals surface area contributed by atoms with Crippen LogP contribution in [0.3, 0.4) is 0 Å². The predicted octanol–water partition coefficient (Wildman–Crippen LogP) is 0.723. The Morgan fingerprint density at radius 3 is 2.40 bits per heavy atom. The average Bonchev–Trinajstić information content (AvgIpc) is 2.34. The van der Waals surface area contributed by atoms with Gasteiger partial charge in [0.15, 0.2) is 0 Å². The largest absolute Gasteiger partial charge is 0.318 e. The van der Waals surface area contributed by atoms with Crippen LogP contribution in [0, 0.1) is 0 Å². The molecule has 0 amide bonds. The molecule has 1 heterocycles. The fraction of sp³-hybridized carbons (Fsp3) is 1.00. The maximum absolute atomic E-state index is 3.15. The number of hydrogen-bond acceptors (Lipinski definition) is 2. The first kappa shape index (κ1) is 10.2. The molecule has 1 aliphatic rings. The summed E-state index contributed by atoms with van der Waals surface area (Å²) in [5, 5.41) is 3.15. The van der Waals surface area contributed by atoms with Gasteiger partial charge in [0.25, 0.3) is 0 Å². The van der Waals surface area contributed by atoms with Crippen molar-refractivity contribution in [3.8, 4) is 0 Å². The van der Waals surface area contributed by atoms with Crippen LogP contribution in [0.25, 0.3) is 0 Å². The Labute approximate surface area is 69.4 Å². The molecule has 0 saturated carbocycles. The second-order valence-electron chi connectivity index (χ2n) is 2.65. The highest BCUT2D eigenvalue weighted by Gasteiger charge is 2.09.